The second-order valence-electron chi connectivity index (χ2n) is 5.38. The summed E-state index contributed by atoms with van der Waals surface area (Å²) in [6.07, 6.45) is 1.58. The van der Waals surface area contributed by atoms with Crippen molar-refractivity contribution in [2.75, 3.05) is 20.1 Å². The highest BCUT2D eigenvalue weighted by Crippen LogP contribution is 2.27. The second kappa shape index (κ2) is 5.85. The third-order valence-corrected chi connectivity index (χ3v) is 5.51. The van der Waals surface area contributed by atoms with Crippen LogP contribution < -0.4 is 4.72 Å². The number of rotatable bonds is 4. The fraction of sp³-hybridized carbons (Fsp3) is 0.692. The van der Waals surface area contributed by atoms with Crippen molar-refractivity contribution in [3.05, 3.63) is 17.1 Å². The molecule has 6 nitrogen and oxygen atoms in total. The molecule has 1 aromatic rings. The van der Waals surface area contributed by atoms with Crippen molar-refractivity contribution in [3.63, 3.8) is 0 Å². The number of hydrogen-bond acceptors (Lipinski definition) is 5. The number of nitrogens with zero attached hydrogens (tertiary/aromatic N) is 1. The number of aryl methyl sites for hydroxylation is 2. The first-order valence-corrected chi connectivity index (χ1v) is 8.24. The van der Waals surface area contributed by atoms with Crippen molar-refractivity contribution in [2.24, 2.45) is 0 Å². The van der Waals surface area contributed by atoms with Gasteiger partial charge in [-0.15, -0.1) is 0 Å². The first-order valence-electron chi connectivity index (χ1n) is 6.75. The third kappa shape index (κ3) is 3.06. The predicted molar refractivity (Wildman–Crippen MR) is 74.9 cm³/mol. The van der Waals surface area contributed by atoms with Crippen molar-refractivity contribution >= 4 is 10.0 Å². The monoisotopic (exact) mass is 302 g/mol. The van der Waals surface area contributed by atoms with E-state index in [9.17, 15) is 13.5 Å². The van der Waals surface area contributed by atoms with E-state index in [1.807, 2.05) is 7.05 Å². The quantitative estimate of drug-likeness (QED) is 0.858. The highest BCUT2D eigenvalue weighted by molar-refractivity contribution is 7.89. The summed E-state index contributed by atoms with van der Waals surface area (Å²) < 4.78 is 33.1. The first-order chi connectivity index (χ1) is 9.35. The summed E-state index contributed by atoms with van der Waals surface area (Å²) in [4.78, 5) is 2.27. The molecule has 114 valence electrons. The fourth-order valence-electron chi connectivity index (χ4n) is 2.65. The van der Waals surface area contributed by atoms with E-state index in [4.69, 9.17) is 4.42 Å². The van der Waals surface area contributed by atoms with Gasteiger partial charge in [0.2, 0.25) is 10.0 Å². The number of aliphatic hydroxyl groups excluding tert-OH is 1. The maximum absolute atomic E-state index is 12.5. The van der Waals surface area contributed by atoms with Crippen molar-refractivity contribution < 1.29 is 17.9 Å². The summed E-state index contributed by atoms with van der Waals surface area (Å²) in [6.45, 7) is 4.68. The molecule has 1 aliphatic heterocycles. The zero-order valence-corrected chi connectivity index (χ0v) is 13.0. The number of likely N-dealkylation sites (tertiary alicyclic amines) is 1. The molecular formula is C13H22N2O4S. The van der Waals surface area contributed by atoms with E-state index >= 15 is 0 Å². The highest BCUT2D eigenvalue weighted by Gasteiger charge is 2.29. The molecule has 0 bridgehead atoms. The van der Waals surface area contributed by atoms with Crippen LogP contribution in [0.1, 0.15) is 29.9 Å². The van der Waals surface area contributed by atoms with Gasteiger partial charge < -0.3 is 14.4 Å². The Balaban J connectivity index is 2.23. The molecule has 0 unspecified atom stereocenters. The van der Waals surface area contributed by atoms with E-state index in [-0.39, 0.29) is 17.5 Å². The van der Waals surface area contributed by atoms with Gasteiger partial charge in [0.05, 0.1) is 6.61 Å². The van der Waals surface area contributed by atoms with Gasteiger partial charge in [0.25, 0.3) is 0 Å². The average Bonchev–Trinajstić information content (AvgIpc) is 2.66. The van der Waals surface area contributed by atoms with Gasteiger partial charge in [0, 0.05) is 11.6 Å². The van der Waals surface area contributed by atoms with Crippen molar-refractivity contribution in [2.45, 2.75) is 44.2 Å². The van der Waals surface area contributed by atoms with Gasteiger partial charge >= 0.3 is 0 Å². The van der Waals surface area contributed by atoms with Gasteiger partial charge in [-0.05, 0) is 46.8 Å². The van der Waals surface area contributed by atoms with E-state index in [0.29, 0.717) is 17.1 Å². The summed E-state index contributed by atoms with van der Waals surface area (Å²) >= 11 is 0. The van der Waals surface area contributed by atoms with E-state index in [1.165, 1.54) is 0 Å². The van der Waals surface area contributed by atoms with Gasteiger partial charge in [-0.3, -0.25) is 0 Å². The first kappa shape index (κ1) is 15.5. The third-order valence-electron chi connectivity index (χ3n) is 3.79. The van der Waals surface area contributed by atoms with Gasteiger partial charge in [0.15, 0.2) is 0 Å². The van der Waals surface area contributed by atoms with E-state index < -0.39 is 10.0 Å². The Morgan fingerprint density at radius 2 is 1.90 bits per heavy atom. The summed E-state index contributed by atoms with van der Waals surface area (Å²) in [5.74, 6) is 0.778. The molecule has 1 aromatic heterocycles. The molecule has 0 saturated carbocycles. The molecule has 2 rings (SSSR count). The topological polar surface area (TPSA) is 82.8 Å². The van der Waals surface area contributed by atoms with E-state index in [2.05, 4.69) is 9.62 Å². The van der Waals surface area contributed by atoms with Crippen LogP contribution in [0.5, 0.6) is 0 Å². The minimum absolute atomic E-state index is 0.0580. The van der Waals surface area contributed by atoms with Crippen LogP contribution in [-0.4, -0.2) is 44.6 Å². The molecule has 1 fully saturated rings. The average molecular weight is 302 g/mol. The molecule has 20 heavy (non-hydrogen) atoms. The van der Waals surface area contributed by atoms with Crippen molar-refractivity contribution in [1.29, 1.82) is 0 Å². The standard InChI is InChI=1S/C13H22N2O4S/c1-9-12(8-16)13(10(2)19-9)20(17,18)14-11-4-6-15(3)7-5-11/h11,14,16H,4-8H2,1-3H3. The van der Waals surface area contributed by atoms with Crippen LogP contribution in [0.25, 0.3) is 0 Å². The van der Waals surface area contributed by atoms with Gasteiger partial charge in [0.1, 0.15) is 16.4 Å². The van der Waals surface area contributed by atoms with Crippen LogP contribution >= 0.6 is 0 Å². The number of nitrogens with one attached hydrogen (secondary N) is 1. The molecule has 2 heterocycles. The lowest BCUT2D eigenvalue weighted by molar-refractivity contribution is 0.248. The molecule has 1 saturated heterocycles. The molecule has 2 N–H and O–H groups in total. The molecule has 0 spiro atoms. The molecule has 1 aliphatic rings. The Labute approximate surface area is 119 Å². The Morgan fingerprint density at radius 3 is 2.45 bits per heavy atom. The smallest absolute Gasteiger partial charge is 0.244 e. The molecule has 7 heteroatoms. The maximum Gasteiger partial charge on any atom is 0.244 e. The van der Waals surface area contributed by atoms with Crippen molar-refractivity contribution in [3.8, 4) is 0 Å². The number of hydrogen-bond donors (Lipinski definition) is 2. The predicted octanol–water partition coefficient (Wildman–Crippen LogP) is 0.761. The van der Waals surface area contributed by atoms with Crippen LogP contribution in [0, 0.1) is 13.8 Å². The molecule has 0 aromatic carbocycles. The number of piperidine rings is 1. The zero-order valence-electron chi connectivity index (χ0n) is 12.1. The van der Waals surface area contributed by atoms with Crippen LogP contribution in [0.15, 0.2) is 9.31 Å². The van der Waals surface area contributed by atoms with Crippen LogP contribution in [0.2, 0.25) is 0 Å². The molecular weight excluding hydrogens is 280 g/mol. The summed E-state index contributed by atoms with van der Waals surface area (Å²) in [7, 11) is -1.63. The molecule has 0 amide bonds. The lowest BCUT2D eigenvalue weighted by atomic mass is 10.1. The lowest BCUT2D eigenvalue weighted by Crippen LogP contribution is -2.43. The van der Waals surface area contributed by atoms with E-state index in [0.717, 1.165) is 25.9 Å². The Morgan fingerprint density at radius 1 is 1.30 bits per heavy atom. The van der Waals surface area contributed by atoms with Crippen LogP contribution in [0.3, 0.4) is 0 Å². The Kier molecular flexibility index (Phi) is 4.53. The van der Waals surface area contributed by atoms with E-state index in [1.54, 1.807) is 13.8 Å². The Hall–Kier alpha value is -0.890. The van der Waals surface area contributed by atoms with Crippen LogP contribution in [-0.2, 0) is 16.6 Å². The van der Waals surface area contributed by atoms with Gasteiger partial charge in [-0.2, -0.15) is 0 Å². The number of furan rings is 1. The number of aliphatic hydroxyl groups is 1. The summed E-state index contributed by atoms with van der Waals surface area (Å²) in [5.41, 5.74) is 0.350. The van der Waals surface area contributed by atoms with Gasteiger partial charge in [-0.25, -0.2) is 13.1 Å². The van der Waals surface area contributed by atoms with Crippen LogP contribution in [0.4, 0.5) is 0 Å². The second-order valence-corrected chi connectivity index (χ2v) is 7.03. The minimum Gasteiger partial charge on any atom is -0.465 e. The van der Waals surface area contributed by atoms with Gasteiger partial charge in [-0.1, -0.05) is 0 Å². The number of sulfonamides is 1. The fourth-order valence-corrected chi connectivity index (χ4v) is 4.39. The summed E-state index contributed by atoms with van der Waals surface area (Å²) in [6, 6.07) is -0.0580. The minimum atomic E-state index is -3.65. The maximum atomic E-state index is 12.5. The van der Waals surface area contributed by atoms with Crippen molar-refractivity contribution in [1.82, 2.24) is 9.62 Å². The molecule has 0 atom stereocenters. The normalized spacial score (nSPS) is 18.6. The molecule has 0 aliphatic carbocycles. The lowest BCUT2D eigenvalue weighted by Gasteiger charge is -2.29. The largest absolute Gasteiger partial charge is 0.465 e. The zero-order chi connectivity index (χ0) is 14.9. The Bertz CT molecular complexity index is 571. The molecule has 0 radical (unpaired) electrons. The summed E-state index contributed by atoms with van der Waals surface area (Å²) in [5, 5.41) is 9.36. The highest BCUT2D eigenvalue weighted by atomic mass is 32.2. The SMILES string of the molecule is Cc1oc(C)c(S(=O)(=O)NC2CCN(C)CC2)c1CO.